The van der Waals surface area contributed by atoms with E-state index < -0.39 is 0 Å². The van der Waals surface area contributed by atoms with E-state index in [0.29, 0.717) is 5.92 Å². The highest BCUT2D eigenvalue weighted by Gasteiger charge is 2.65. The Labute approximate surface area is 70.1 Å². The monoisotopic (exact) mass is 166 g/mol. The molecule has 1 spiro atoms. The Morgan fingerprint density at radius 1 is 1.42 bits per heavy atom. The molecule has 1 aliphatic heterocycles. The number of hydrogen-bond donors (Lipinski definition) is 0. The molecule has 0 aromatic heterocycles. The number of esters is 2. The number of carbonyl (C=O) groups excluding carboxylic acids is 2. The van der Waals surface area contributed by atoms with Gasteiger partial charge in [-0.25, -0.2) is 0 Å². The molecule has 2 saturated carbocycles. The first-order chi connectivity index (χ1) is 5.72. The van der Waals surface area contributed by atoms with Crippen LogP contribution >= 0.6 is 0 Å². The third-order valence-corrected chi connectivity index (χ3v) is 3.77. The maximum Gasteiger partial charge on any atom is 0.320 e. The standard InChI is InChI=1S/C9H10O3/c10-7-6-3-5-1-2-9(6,4-5)8(11)12-7/h5-6H,1-4H2/t5-,6?,9+/m0/s1. The number of hydrogen-bond acceptors (Lipinski definition) is 3. The van der Waals surface area contributed by atoms with Crippen molar-refractivity contribution in [2.75, 3.05) is 0 Å². The lowest BCUT2D eigenvalue weighted by molar-refractivity contribution is -0.155. The second kappa shape index (κ2) is 1.73. The summed E-state index contributed by atoms with van der Waals surface area (Å²) < 4.78 is 4.67. The van der Waals surface area contributed by atoms with Crippen molar-refractivity contribution in [2.45, 2.75) is 25.7 Å². The predicted octanol–water partition coefficient (Wildman–Crippen LogP) is 0.876. The maximum absolute atomic E-state index is 11.4. The number of rotatable bonds is 0. The lowest BCUT2D eigenvalue weighted by Crippen LogP contribution is -2.28. The molecular formula is C9H10O3. The van der Waals surface area contributed by atoms with Gasteiger partial charge >= 0.3 is 11.9 Å². The summed E-state index contributed by atoms with van der Waals surface area (Å²) in [6.45, 7) is 0. The van der Waals surface area contributed by atoms with Crippen molar-refractivity contribution in [2.24, 2.45) is 17.3 Å². The third-order valence-electron chi connectivity index (χ3n) is 3.77. The van der Waals surface area contributed by atoms with Gasteiger partial charge in [-0.1, -0.05) is 0 Å². The molecule has 3 atom stereocenters. The Kier molecular flexibility index (Phi) is 0.955. The van der Waals surface area contributed by atoms with E-state index in [9.17, 15) is 9.59 Å². The van der Waals surface area contributed by atoms with E-state index in [0.717, 1.165) is 25.7 Å². The molecule has 0 N–H and O–H groups in total. The molecule has 12 heavy (non-hydrogen) atoms. The molecule has 3 fully saturated rings. The minimum Gasteiger partial charge on any atom is -0.392 e. The Hall–Kier alpha value is -0.860. The molecule has 0 amide bonds. The van der Waals surface area contributed by atoms with Crippen LogP contribution in [0.4, 0.5) is 0 Å². The molecule has 2 aliphatic carbocycles. The third kappa shape index (κ3) is 0.520. The van der Waals surface area contributed by atoms with E-state index in [1.165, 1.54) is 0 Å². The quantitative estimate of drug-likeness (QED) is 0.396. The number of carbonyl (C=O) groups is 2. The normalized spacial score (nSPS) is 49.7. The summed E-state index contributed by atoms with van der Waals surface area (Å²) in [5, 5.41) is 0. The van der Waals surface area contributed by atoms with E-state index in [-0.39, 0.29) is 23.3 Å². The van der Waals surface area contributed by atoms with E-state index in [1.54, 1.807) is 0 Å². The van der Waals surface area contributed by atoms with Gasteiger partial charge in [0, 0.05) is 0 Å². The highest BCUT2D eigenvalue weighted by Crippen LogP contribution is 2.61. The Morgan fingerprint density at radius 3 is 2.92 bits per heavy atom. The Morgan fingerprint density at radius 2 is 2.25 bits per heavy atom. The molecule has 3 aliphatic rings. The first-order valence-corrected chi connectivity index (χ1v) is 4.48. The average Bonchev–Trinajstić information content (AvgIpc) is 2.65. The highest BCUT2D eigenvalue weighted by molar-refractivity contribution is 6.00. The minimum atomic E-state index is -0.359. The number of ether oxygens (including phenoxy) is 1. The van der Waals surface area contributed by atoms with Crippen LogP contribution in [0.25, 0.3) is 0 Å². The summed E-state index contributed by atoms with van der Waals surface area (Å²) in [7, 11) is 0. The molecule has 64 valence electrons. The van der Waals surface area contributed by atoms with E-state index in [2.05, 4.69) is 4.74 Å². The predicted molar refractivity (Wildman–Crippen MR) is 39.0 cm³/mol. The molecule has 0 aromatic carbocycles. The van der Waals surface area contributed by atoms with Gasteiger partial charge in [-0.15, -0.1) is 0 Å². The van der Waals surface area contributed by atoms with E-state index in [4.69, 9.17) is 0 Å². The van der Waals surface area contributed by atoms with Gasteiger partial charge in [0.15, 0.2) is 0 Å². The van der Waals surface area contributed by atoms with Crippen LogP contribution < -0.4 is 0 Å². The van der Waals surface area contributed by atoms with Crippen molar-refractivity contribution in [1.82, 2.24) is 0 Å². The molecule has 2 bridgehead atoms. The first kappa shape index (κ1) is 6.63. The van der Waals surface area contributed by atoms with Crippen LogP contribution in [0.15, 0.2) is 0 Å². The van der Waals surface area contributed by atoms with Crippen LogP contribution in [0, 0.1) is 17.3 Å². The van der Waals surface area contributed by atoms with E-state index >= 15 is 0 Å². The fraction of sp³-hybridized carbons (Fsp3) is 0.778. The van der Waals surface area contributed by atoms with Crippen LogP contribution in [0.2, 0.25) is 0 Å². The zero-order valence-electron chi connectivity index (χ0n) is 6.71. The lowest BCUT2D eigenvalue weighted by atomic mass is 9.77. The van der Waals surface area contributed by atoms with Crippen LogP contribution in [-0.2, 0) is 14.3 Å². The van der Waals surface area contributed by atoms with Gasteiger partial charge in [0.1, 0.15) is 0 Å². The average molecular weight is 166 g/mol. The lowest BCUT2D eigenvalue weighted by Gasteiger charge is -2.20. The van der Waals surface area contributed by atoms with Crippen LogP contribution in [0.5, 0.6) is 0 Å². The zero-order valence-corrected chi connectivity index (χ0v) is 6.71. The second-order valence-electron chi connectivity index (χ2n) is 4.26. The van der Waals surface area contributed by atoms with E-state index in [1.807, 2.05) is 0 Å². The second-order valence-corrected chi connectivity index (χ2v) is 4.26. The smallest absolute Gasteiger partial charge is 0.320 e. The summed E-state index contributed by atoms with van der Waals surface area (Å²) >= 11 is 0. The Balaban J connectivity index is 2.10. The molecule has 3 rings (SSSR count). The summed E-state index contributed by atoms with van der Waals surface area (Å²) in [4.78, 5) is 22.6. The maximum atomic E-state index is 11.4. The molecule has 1 heterocycles. The number of fused-ring (bicyclic) bond motifs is 1. The van der Waals surface area contributed by atoms with Gasteiger partial charge in [0.05, 0.1) is 11.3 Å². The van der Waals surface area contributed by atoms with Crippen molar-refractivity contribution in [3.05, 3.63) is 0 Å². The molecule has 1 unspecified atom stereocenters. The van der Waals surface area contributed by atoms with Crippen molar-refractivity contribution in [1.29, 1.82) is 0 Å². The molecule has 0 radical (unpaired) electrons. The van der Waals surface area contributed by atoms with Gasteiger partial charge in [-0.2, -0.15) is 0 Å². The van der Waals surface area contributed by atoms with Crippen LogP contribution in [0.1, 0.15) is 25.7 Å². The molecule has 0 aromatic rings. The highest BCUT2D eigenvalue weighted by atomic mass is 16.6. The van der Waals surface area contributed by atoms with Gasteiger partial charge in [-0.05, 0) is 31.6 Å². The molecular weight excluding hydrogens is 156 g/mol. The molecule has 3 heteroatoms. The summed E-state index contributed by atoms with van der Waals surface area (Å²) in [5.41, 5.74) is -0.359. The van der Waals surface area contributed by atoms with Crippen LogP contribution in [0.3, 0.4) is 0 Å². The fourth-order valence-corrected chi connectivity index (χ4v) is 3.17. The van der Waals surface area contributed by atoms with Gasteiger partial charge in [0.25, 0.3) is 0 Å². The Bertz CT molecular complexity index is 283. The van der Waals surface area contributed by atoms with Crippen molar-refractivity contribution in [3.63, 3.8) is 0 Å². The minimum absolute atomic E-state index is 0.0799. The summed E-state index contributed by atoms with van der Waals surface area (Å²) in [6, 6.07) is 0. The van der Waals surface area contributed by atoms with Gasteiger partial charge in [0.2, 0.25) is 0 Å². The van der Waals surface area contributed by atoms with Gasteiger partial charge < -0.3 is 4.74 Å². The number of cyclic esters (lactones) is 2. The fourth-order valence-electron chi connectivity index (χ4n) is 3.17. The molecule has 3 nitrogen and oxygen atoms in total. The topological polar surface area (TPSA) is 43.4 Å². The SMILES string of the molecule is O=C1OC(=O)[C@@]23CC[C@@H](CC12)C3. The molecule has 1 saturated heterocycles. The summed E-state index contributed by atoms with van der Waals surface area (Å²) in [6.07, 6.45) is 3.79. The van der Waals surface area contributed by atoms with Crippen molar-refractivity contribution < 1.29 is 14.3 Å². The van der Waals surface area contributed by atoms with Crippen molar-refractivity contribution >= 4 is 11.9 Å². The first-order valence-electron chi connectivity index (χ1n) is 4.48. The van der Waals surface area contributed by atoms with Crippen molar-refractivity contribution in [3.8, 4) is 0 Å². The van der Waals surface area contributed by atoms with Gasteiger partial charge in [-0.3, -0.25) is 9.59 Å². The largest absolute Gasteiger partial charge is 0.392 e. The van der Waals surface area contributed by atoms with Crippen LogP contribution in [-0.4, -0.2) is 11.9 Å². The summed E-state index contributed by atoms with van der Waals surface area (Å²) in [5.74, 6) is 0.0373. The zero-order chi connectivity index (χ0) is 8.34.